The van der Waals surface area contributed by atoms with Gasteiger partial charge in [0.15, 0.2) is 0 Å². The van der Waals surface area contributed by atoms with Gasteiger partial charge < -0.3 is 4.74 Å². The molecule has 0 atom stereocenters. The van der Waals surface area contributed by atoms with Crippen LogP contribution >= 0.6 is 0 Å². The Morgan fingerprint density at radius 1 is 1.00 bits per heavy atom. The van der Waals surface area contributed by atoms with E-state index >= 15 is 0 Å². The van der Waals surface area contributed by atoms with Crippen molar-refractivity contribution in [2.75, 3.05) is 46.4 Å². The maximum absolute atomic E-state index is 5.16. The lowest BCUT2D eigenvalue weighted by atomic mass is 9.89. The molecule has 0 amide bonds. The number of aromatic nitrogens is 2. The standard InChI is InChI=1S/C18H30N4O/c1-23-12-11-21-7-9-22(10-8-21)15-16-13-19-18(20-14-16)17-5-3-2-4-6-17/h13-14,17H,2-12,15H2,1H3. The van der Waals surface area contributed by atoms with Crippen LogP contribution in [-0.2, 0) is 11.3 Å². The van der Waals surface area contributed by atoms with Crippen molar-refractivity contribution in [1.82, 2.24) is 19.8 Å². The van der Waals surface area contributed by atoms with Gasteiger partial charge in [0.1, 0.15) is 5.82 Å². The second-order valence-corrected chi connectivity index (χ2v) is 6.90. The molecule has 1 aromatic rings. The molecule has 1 saturated heterocycles. The SMILES string of the molecule is COCCN1CCN(Cc2cnc(C3CCCCC3)nc2)CC1. The molecule has 1 aromatic heterocycles. The molecular weight excluding hydrogens is 288 g/mol. The molecule has 3 rings (SSSR count). The summed E-state index contributed by atoms with van der Waals surface area (Å²) in [5, 5.41) is 0. The van der Waals surface area contributed by atoms with Gasteiger partial charge >= 0.3 is 0 Å². The van der Waals surface area contributed by atoms with Gasteiger partial charge in [-0.05, 0) is 12.8 Å². The zero-order chi connectivity index (χ0) is 15.9. The first kappa shape index (κ1) is 16.8. The molecule has 5 heteroatoms. The van der Waals surface area contributed by atoms with Crippen molar-refractivity contribution in [3.8, 4) is 0 Å². The fourth-order valence-corrected chi connectivity index (χ4v) is 3.67. The fourth-order valence-electron chi connectivity index (χ4n) is 3.67. The van der Waals surface area contributed by atoms with Crippen LogP contribution in [0.25, 0.3) is 0 Å². The lowest BCUT2D eigenvalue weighted by Crippen LogP contribution is -2.46. The zero-order valence-corrected chi connectivity index (χ0v) is 14.4. The van der Waals surface area contributed by atoms with E-state index in [1.165, 1.54) is 37.7 Å². The number of piperazine rings is 1. The first-order valence-electron chi connectivity index (χ1n) is 9.09. The van der Waals surface area contributed by atoms with Gasteiger partial charge in [-0.15, -0.1) is 0 Å². The zero-order valence-electron chi connectivity index (χ0n) is 14.4. The molecular formula is C18H30N4O. The number of methoxy groups -OCH3 is 1. The van der Waals surface area contributed by atoms with Gasteiger partial charge in [0, 0.05) is 70.3 Å². The van der Waals surface area contributed by atoms with E-state index in [1.807, 2.05) is 12.4 Å². The highest BCUT2D eigenvalue weighted by atomic mass is 16.5. The van der Waals surface area contributed by atoms with Crippen molar-refractivity contribution in [1.29, 1.82) is 0 Å². The van der Waals surface area contributed by atoms with Crippen molar-refractivity contribution >= 4 is 0 Å². The number of nitrogens with zero attached hydrogens (tertiary/aromatic N) is 4. The van der Waals surface area contributed by atoms with Gasteiger partial charge in [0.05, 0.1) is 6.61 Å². The molecule has 1 aliphatic heterocycles. The van der Waals surface area contributed by atoms with Crippen LogP contribution in [-0.4, -0.2) is 66.2 Å². The Hall–Kier alpha value is -1.04. The molecule has 0 N–H and O–H groups in total. The van der Waals surface area contributed by atoms with Crippen LogP contribution in [0.1, 0.15) is 49.4 Å². The second kappa shape index (κ2) is 8.71. The third-order valence-corrected chi connectivity index (χ3v) is 5.18. The summed E-state index contributed by atoms with van der Waals surface area (Å²) in [6, 6.07) is 0. The molecule has 0 radical (unpaired) electrons. The minimum atomic E-state index is 0.599. The van der Waals surface area contributed by atoms with Gasteiger partial charge in [-0.2, -0.15) is 0 Å². The minimum absolute atomic E-state index is 0.599. The van der Waals surface area contributed by atoms with Crippen LogP contribution in [0, 0.1) is 0 Å². The highest BCUT2D eigenvalue weighted by Gasteiger charge is 2.19. The van der Waals surface area contributed by atoms with Crippen LogP contribution in [0.15, 0.2) is 12.4 Å². The molecule has 23 heavy (non-hydrogen) atoms. The van der Waals surface area contributed by atoms with Gasteiger partial charge in [0.2, 0.25) is 0 Å². The normalized spacial score (nSPS) is 21.6. The monoisotopic (exact) mass is 318 g/mol. The first-order valence-corrected chi connectivity index (χ1v) is 9.09. The van der Waals surface area contributed by atoms with Gasteiger partial charge in [-0.1, -0.05) is 19.3 Å². The van der Waals surface area contributed by atoms with Gasteiger partial charge in [0.25, 0.3) is 0 Å². The topological polar surface area (TPSA) is 41.5 Å². The number of rotatable bonds is 6. The Labute approximate surface area is 140 Å². The van der Waals surface area contributed by atoms with Crippen molar-refractivity contribution < 1.29 is 4.74 Å². The Morgan fingerprint density at radius 3 is 2.30 bits per heavy atom. The third kappa shape index (κ3) is 4.96. The lowest BCUT2D eigenvalue weighted by Gasteiger charge is -2.34. The van der Waals surface area contributed by atoms with Crippen LogP contribution < -0.4 is 0 Å². The maximum atomic E-state index is 5.16. The van der Waals surface area contributed by atoms with Crippen LogP contribution in [0.5, 0.6) is 0 Å². The number of hydrogen-bond donors (Lipinski definition) is 0. The van der Waals surface area contributed by atoms with Crippen LogP contribution in [0.3, 0.4) is 0 Å². The van der Waals surface area contributed by atoms with Crippen molar-refractivity contribution in [3.05, 3.63) is 23.8 Å². The number of ether oxygens (including phenoxy) is 1. The summed E-state index contributed by atoms with van der Waals surface area (Å²) in [6.07, 6.45) is 10.7. The summed E-state index contributed by atoms with van der Waals surface area (Å²) in [5.41, 5.74) is 1.25. The summed E-state index contributed by atoms with van der Waals surface area (Å²) in [5.74, 6) is 1.67. The van der Waals surface area contributed by atoms with Crippen molar-refractivity contribution in [2.45, 2.75) is 44.6 Å². The van der Waals surface area contributed by atoms with E-state index in [0.29, 0.717) is 5.92 Å². The molecule has 5 nitrogen and oxygen atoms in total. The van der Waals surface area contributed by atoms with Crippen LogP contribution in [0.4, 0.5) is 0 Å². The highest BCUT2D eigenvalue weighted by molar-refractivity contribution is 5.08. The molecule has 1 saturated carbocycles. The second-order valence-electron chi connectivity index (χ2n) is 6.90. The van der Waals surface area contributed by atoms with Crippen LogP contribution in [0.2, 0.25) is 0 Å². The van der Waals surface area contributed by atoms with E-state index in [4.69, 9.17) is 4.74 Å². The molecule has 0 unspecified atom stereocenters. The van der Waals surface area contributed by atoms with E-state index in [1.54, 1.807) is 7.11 Å². The average molecular weight is 318 g/mol. The van der Waals surface area contributed by atoms with Crippen molar-refractivity contribution in [3.63, 3.8) is 0 Å². The molecule has 2 fully saturated rings. The number of hydrogen-bond acceptors (Lipinski definition) is 5. The Balaban J connectivity index is 1.45. The first-order chi connectivity index (χ1) is 11.3. The molecule has 0 bridgehead atoms. The van der Waals surface area contributed by atoms with E-state index < -0.39 is 0 Å². The maximum Gasteiger partial charge on any atom is 0.131 e. The predicted molar refractivity (Wildman–Crippen MR) is 91.5 cm³/mol. The summed E-state index contributed by atoms with van der Waals surface area (Å²) in [6.45, 7) is 7.35. The molecule has 2 aliphatic rings. The minimum Gasteiger partial charge on any atom is -0.383 e. The summed E-state index contributed by atoms with van der Waals surface area (Å²) in [7, 11) is 1.77. The van der Waals surface area contributed by atoms with Gasteiger partial charge in [-0.3, -0.25) is 9.80 Å². The predicted octanol–water partition coefficient (Wildman–Crippen LogP) is 2.29. The van der Waals surface area contributed by atoms with E-state index in [0.717, 1.165) is 51.7 Å². The Kier molecular flexibility index (Phi) is 6.37. The highest BCUT2D eigenvalue weighted by Crippen LogP contribution is 2.30. The summed E-state index contributed by atoms with van der Waals surface area (Å²) < 4.78 is 5.16. The van der Waals surface area contributed by atoms with E-state index in [-0.39, 0.29) is 0 Å². The molecule has 1 aliphatic carbocycles. The largest absolute Gasteiger partial charge is 0.383 e. The average Bonchev–Trinajstić information content (AvgIpc) is 2.62. The van der Waals surface area contributed by atoms with Crippen molar-refractivity contribution in [2.24, 2.45) is 0 Å². The van der Waals surface area contributed by atoms with Gasteiger partial charge in [-0.25, -0.2) is 9.97 Å². The Bertz CT molecular complexity index is 451. The molecule has 128 valence electrons. The summed E-state index contributed by atoms with van der Waals surface area (Å²) >= 11 is 0. The quantitative estimate of drug-likeness (QED) is 0.805. The molecule has 0 spiro atoms. The summed E-state index contributed by atoms with van der Waals surface area (Å²) in [4.78, 5) is 14.3. The lowest BCUT2D eigenvalue weighted by molar-refractivity contribution is 0.0937. The third-order valence-electron chi connectivity index (χ3n) is 5.18. The Morgan fingerprint density at radius 2 is 1.65 bits per heavy atom. The molecule has 0 aromatic carbocycles. The smallest absolute Gasteiger partial charge is 0.131 e. The molecule has 2 heterocycles. The van der Waals surface area contributed by atoms with E-state index in [2.05, 4.69) is 19.8 Å². The van der Waals surface area contributed by atoms with E-state index in [9.17, 15) is 0 Å². The fraction of sp³-hybridized carbons (Fsp3) is 0.778.